The molecule has 200 valence electrons. The molecule has 5 N–H and O–H groups in total. The molecule has 2 aromatic carbocycles. The van der Waals surface area contributed by atoms with Gasteiger partial charge in [0.15, 0.2) is 0 Å². The average molecular weight is 521 g/mol. The zero-order valence-corrected chi connectivity index (χ0v) is 21.2. The highest BCUT2D eigenvalue weighted by atomic mass is 16.6. The lowest BCUT2D eigenvalue weighted by atomic mass is 9.96. The molecule has 4 rings (SSSR count). The molecule has 0 aliphatic rings. The first-order valence-electron chi connectivity index (χ1n) is 12.3. The molecule has 0 fully saturated rings. The Bertz CT molecular complexity index is 1440. The Hall–Kier alpha value is -3.60. The number of hydrogen-bond acceptors (Lipinski definition) is 8. The van der Waals surface area contributed by atoms with Gasteiger partial charge in [-0.1, -0.05) is 25.1 Å². The SMILES string of the molecule is Cc1cc(-c2ccc3ccn(Cc4ccncc4)c(=O)c3c2)ccc1OC(O)C(O)C(O)C(O)C(C)CO. The molecule has 5 unspecified atom stereocenters. The Kier molecular flexibility index (Phi) is 8.55. The quantitative estimate of drug-likeness (QED) is 0.199. The first-order chi connectivity index (χ1) is 18.2. The first kappa shape index (κ1) is 27.4. The predicted molar refractivity (Wildman–Crippen MR) is 143 cm³/mol. The Labute approximate surface area is 219 Å². The van der Waals surface area contributed by atoms with Crippen LogP contribution in [0.1, 0.15) is 18.1 Å². The van der Waals surface area contributed by atoms with E-state index in [9.17, 15) is 25.2 Å². The first-order valence-corrected chi connectivity index (χ1v) is 12.3. The Morgan fingerprint density at radius 2 is 1.58 bits per heavy atom. The number of pyridine rings is 2. The second-order valence-electron chi connectivity index (χ2n) is 9.53. The zero-order valence-electron chi connectivity index (χ0n) is 21.2. The third-order valence-electron chi connectivity index (χ3n) is 6.70. The summed E-state index contributed by atoms with van der Waals surface area (Å²) in [6.45, 7) is 3.31. The lowest BCUT2D eigenvalue weighted by Crippen LogP contribution is -2.49. The molecule has 38 heavy (non-hydrogen) atoms. The van der Waals surface area contributed by atoms with Gasteiger partial charge in [0.1, 0.15) is 18.0 Å². The van der Waals surface area contributed by atoms with Gasteiger partial charge in [0.25, 0.3) is 5.56 Å². The van der Waals surface area contributed by atoms with E-state index in [1.54, 1.807) is 42.2 Å². The fraction of sp³-hybridized carbons (Fsp3) is 0.310. The van der Waals surface area contributed by atoms with Gasteiger partial charge in [-0.25, -0.2) is 0 Å². The standard InChI is InChI=1S/C29H32N2O7/c1-17-13-21(5-6-24(17)38-29(37)27(35)26(34)25(33)18(2)16-32)22-4-3-20-9-12-31(28(36)23(20)14-22)15-19-7-10-30-11-8-19/h3-14,18,25-27,29,32-35,37H,15-16H2,1-2H3. The fourth-order valence-electron chi connectivity index (χ4n) is 4.24. The molecule has 0 bridgehead atoms. The Balaban J connectivity index is 1.54. The molecular formula is C29H32N2O7. The summed E-state index contributed by atoms with van der Waals surface area (Å²) >= 11 is 0. The van der Waals surface area contributed by atoms with Gasteiger partial charge in [0.05, 0.1) is 12.6 Å². The maximum absolute atomic E-state index is 13.2. The van der Waals surface area contributed by atoms with Crippen LogP contribution in [0.5, 0.6) is 5.75 Å². The van der Waals surface area contributed by atoms with Crippen molar-refractivity contribution in [2.45, 2.75) is 45.0 Å². The number of hydrogen-bond donors (Lipinski definition) is 5. The number of ether oxygens (including phenoxy) is 1. The molecule has 5 atom stereocenters. The van der Waals surface area contributed by atoms with Crippen molar-refractivity contribution in [3.8, 4) is 16.9 Å². The second-order valence-corrected chi connectivity index (χ2v) is 9.53. The topological polar surface area (TPSA) is 145 Å². The molecule has 0 aliphatic heterocycles. The van der Waals surface area contributed by atoms with Crippen molar-refractivity contribution in [2.75, 3.05) is 6.61 Å². The van der Waals surface area contributed by atoms with Gasteiger partial charge in [-0.2, -0.15) is 0 Å². The number of aliphatic hydroxyl groups excluding tert-OH is 5. The highest BCUT2D eigenvalue weighted by Gasteiger charge is 2.34. The molecule has 4 aromatic rings. The van der Waals surface area contributed by atoms with Crippen molar-refractivity contribution >= 4 is 10.8 Å². The number of fused-ring (bicyclic) bond motifs is 1. The third-order valence-corrected chi connectivity index (χ3v) is 6.70. The monoisotopic (exact) mass is 520 g/mol. The maximum atomic E-state index is 13.2. The summed E-state index contributed by atoms with van der Waals surface area (Å²) in [5.74, 6) is -0.424. The van der Waals surface area contributed by atoms with Crippen LogP contribution in [0.3, 0.4) is 0 Å². The van der Waals surface area contributed by atoms with Gasteiger partial charge in [-0.3, -0.25) is 9.78 Å². The molecule has 0 amide bonds. The van der Waals surface area contributed by atoms with E-state index in [-0.39, 0.29) is 11.3 Å². The summed E-state index contributed by atoms with van der Waals surface area (Å²) < 4.78 is 7.11. The van der Waals surface area contributed by atoms with Crippen LogP contribution in [0.4, 0.5) is 0 Å². The predicted octanol–water partition coefficient (Wildman–Crippen LogP) is 1.83. The number of aryl methyl sites for hydroxylation is 1. The van der Waals surface area contributed by atoms with Gasteiger partial charge >= 0.3 is 0 Å². The van der Waals surface area contributed by atoms with Crippen molar-refractivity contribution in [2.24, 2.45) is 5.92 Å². The van der Waals surface area contributed by atoms with Crippen LogP contribution < -0.4 is 10.3 Å². The molecule has 2 heterocycles. The molecule has 0 spiro atoms. The highest BCUT2D eigenvalue weighted by molar-refractivity contribution is 5.86. The van der Waals surface area contributed by atoms with Gasteiger partial charge in [-0.15, -0.1) is 0 Å². The van der Waals surface area contributed by atoms with E-state index < -0.39 is 37.1 Å². The van der Waals surface area contributed by atoms with Gasteiger partial charge in [0, 0.05) is 36.5 Å². The van der Waals surface area contributed by atoms with Crippen molar-refractivity contribution in [3.05, 3.63) is 94.7 Å². The molecule has 0 saturated heterocycles. The van der Waals surface area contributed by atoms with Crippen LogP contribution in [-0.2, 0) is 6.54 Å². The van der Waals surface area contributed by atoms with E-state index >= 15 is 0 Å². The fourth-order valence-corrected chi connectivity index (χ4v) is 4.24. The summed E-state index contributed by atoms with van der Waals surface area (Å²) in [6, 6.07) is 16.5. The number of aliphatic hydroxyl groups is 5. The van der Waals surface area contributed by atoms with E-state index in [1.165, 1.54) is 6.92 Å². The number of benzene rings is 2. The second kappa shape index (κ2) is 11.8. The third kappa shape index (κ3) is 5.93. The van der Waals surface area contributed by atoms with E-state index in [0.717, 1.165) is 22.1 Å². The molecule has 2 aromatic heterocycles. The minimum absolute atomic E-state index is 0.105. The van der Waals surface area contributed by atoms with Crippen molar-refractivity contribution in [3.63, 3.8) is 0 Å². The number of aromatic nitrogens is 2. The van der Waals surface area contributed by atoms with Gasteiger partial charge in [-0.05, 0) is 71.0 Å². The summed E-state index contributed by atoms with van der Waals surface area (Å²) in [5.41, 5.74) is 3.16. The van der Waals surface area contributed by atoms with E-state index in [4.69, 9.17) is 9.84 Å². The molecule has 0 radical (unpaired) electrons. The summed E-state index contributed by atoms with van der Waals surface area (Å²) in [5, 5.41) is 51.2. The highest BCUT2D eigenvalue weighted by Crippen LogP contribution is 2.29. The van der Waals surface area contributed by atoms with Crippen LogP contribution in [0.25, 0.3) is 21.9 Å². The van der Waals surface area contributed by atoms with E-state index in [0.29, 0.717) is 17.5 Å². The van der Waals surface area contributed by atoms with Gasteiger partial charge < -0.3 is 34.8 Å². The number of rotatable bonds is 10. The van der Waals surface area contributed by atoms with Crippen LogP contribution in [0.2, 0.25) is 0 Å². The largest absolute Gasteiger partial charge is 0.462 e. The molecule has 9 nitrogen and oxygen atoms in total. The minimum Gasteiger partial charge on any atom is -0.462 e. The van der Waals surface area contributed by atoms with E-state index in [1.807, 2.05) is 42.5 Å². The molecular weight excluding hydrogens is 488 g/mol. The lowest BCUT2D eigenvalue weighted by molar-refractivity contribution is -0.172. The minimum atomic E-state index is -1.81. The van der Waals surface area contributed by atoms with Crippen molar-refractivity contribution in [1.82, 2.24) is 9.55 Å². The maximum Gasteiger partial charge on any atom is 0.258 e. The molecule has 0 aliphatic carbocycles. The molecule has 0 saturated carbocycles. The Morgan fingerprint density at radius 3 is 2.26 bits per heavy atom. The van der Waals surface area contributed by atoms with E-state index in [2.05, 4.69) is 4.98 Å². The van der Waals surface area contributed by atoms with Crippen LogP contribution in [0, 0.1) is 12.8 Å². The van der Waals surface area contributed by atoms with Gasteiger partial charge in [0.2, 0.25) is 6.29 Å². The summed E-state index contributed by atoms with van der Waals surface area (Å²) in [7, 11) is 0. The van der Waals surface area contributed by atoms with Crippen LogP contribution in [0.15, 0.2) is 78.0 Å². The normalized spacial score (nSPS) is 15.6. The van der Waals surface area contributed by atoms with Crippen molar-refractivity contribution < 1.29 is 30.3 Å². The van der Waals surface area contributed by atoms with Crippen molar-refractivity contribution in [1.29, 1.82) is 0 Å². The Morgan fingerprint density at radius 1 is 0.895 bits per heavy atom. The summed E-state index contributed by atoms with van der Waals surface area (Å²) in [6.07, 6.45) is -1.61. The smallest absolute Gasteiger partial charge is 0.258 e. The molecule has 9 heteroatoms. The lowest BCUT2D eigenvalue weighted by Gasteiger charge is -2.29. The number of nitrogens with zero attached hydrogens (tertiary/aromatic N) is 2. The summed E-state index contributed by atoms with van der Waals surface area (Å²) in [4.78, 5) is 17.2. The van der Waals surface area contributed by atoms with Crippen LogP contribution >= 0.6 is 0 Å². The van der Waals surface area contributed by atoms with Crippen LogP contribution in [-0.4, -0.2) is 66.3 Å². The average Bonchev–Trinajstić information content (AvgIpc) is 2.94. The zero-order chi connectivity index (χ0) is 27.4.